The second-order valence-corrected chi connectivity index (χ2v) is 7.85. The maximum absolute atomic E-state index is 12.3. The number of aliphatic imine (C=N–C) groups is 1. The molecule has 2 amide bonds. The standard InChI is InChI=1S/C21H33N5O.HI/c1-16-8-10-18(11-9-16)24-20(22-2)23-15-17-6-5-7-19(14-17)25-21(27)26-12-3-4-13-26;/h5-7,14,16,18H,3-4,8-13,15H2,1-2H3,(H,25,27)(H2,22,23,24);1H. The van der Waals surface area contributed by atoms with Gasteiger partial charge in [0.15, 0.2) is 5.96 Å². The number of guanidine groups is 1. The monoisotopic (exact) mass is 499 g/mol. The van der Waals surface area contributed by atoms with Crippen LogP contribution in [0.5, 0.6) is 0 Å². The minimum absolute atomic E-state index is 0. The van der Waals surface area contributed by atoms with Crippen LogP contribution in [-0.4, -0.2) is 43.1 Å². The van der Waals surface area contributed by atoms with Gasteiger partial charge in [0.25, 0.3) is 0 Å². The van der Waals surface area contributed by atoms with Crippen molar-refractivity contribution in [1.29, 1.82) is 0 Å². The Labute approximate surface area is 186 Å². The van der Waals surface area contributed by atoms with E-state index in [4.69, 9.17) is 0 Å². The van der Waals surface area contributed by atoms with Crippen molar-refractivity contribution in [3.05, 3.63) is 29.8 Å². The number of amides is 2. The van der Waals surface area contributed by atoms with E-state index >= 15 is 0 Å². The molecule has 28 heavy (non-hydrogen) atoms. The van der Waals surface area contributed by atoms with Crippen molar-refractivity contribution in [1.82, 2.24) is 15.5 Å². The Hall–Kier alpha value is -1.51. The Morgan fingerprint density at radius 3 is 2.57 bits per heavy atom. The molecule has 0 unspecified atom stereocenters. The van der Waals surface area contributed by atoms with Crippen LogP contribution in [0.1, 0.15) is 51.0 Å². The molecule has 7 heteroatoms. The van der Waals surface area contributed by atoms with E-state index in [1.807, 2.05) is 30.1 Å². The molecule has 1 aromatic rings. The van der Waals surface area contributed by atoms with Crippen LogP contribution in [0.2, 0.25) is 0 Å². The first-order chi connectivity index (χ1) is 13.1. The van der Waals surface area contributed by atoms with Crippen molar-refractivity contribution in [2.45, 2.75) is 58.0 Å². The largest absolute Gasteiger partial charge is 0.354 e. The van der Waals surface area contributed by atoms with Gasteiger partial charge in [0.2, 0.25) is 0 Å². The first kappa shape index (κ1) is 22.8. The number of likely N-dealkylation sites (tertiary alicyclic amines) is 1. The fourth-order valence-electron chi connectivity index (χ4n) is 3.86. The lowest BCUT2D eigenvalue weighted by Gasteiger charge is -2.28. The molecule has 0 atom stereocenters. The van der Waals surface area contributed by atoms with Gasteiger partial charge in [0.1, 0.15) is 0 Å². The second-order valence-electron chi connectivity index (χ2n) is 7.85. The van der Waals surface area contributed by atoms with Crippen LogP contribution in [0.25, 0.3) is 0 Å². The van der Waals surface area contributed by atoms with Gasteiger partial charge < -0.3 is 20.9 Å². The van der Waals surface area contributed by atoms with Gasteiger partial charge in [0.05, 0.1) is 0 Å². The number of urea groups is 1. The van der Waals surface area contributed by atoms with Crippen molar-refractivity contribution < 1.29 is 4.79 Å². The molecule has 3 N–H and O–H groups in total. The number of nitrogens with zero attached hydrogens (tertiary/aromatic N) is 2. The Kier molecular flexibility index (Phi) is 9.34. The van der Waals surface area contributed by atoms with Crippen molar-refractivity contribution in [3.63, 3.8) is 0 Å². The average Bonchev–Trinajstić information content (AvgIpc) is 3.22. The molecule has 1 aliphatic carbocycles. The first-order valence-corrected chi connectivity index (χ1v) is 10.3. The Morgan fingerprint density at radius 2 is 1.89 bits per heavy atom. The van der Waals surface area contributed by atoms with Gasteiger partial charge in [-0.05, 0) is 62.1 Å². The molecule has 1 aromatic carbocycles. The Balaban J connectivity index is 0.00000280. The van der Waals surface area contributed by atoms with Gasteiger partial charge in [-0.25, -0.2) is 4.79 Å². The fraction of sp³-hybridized carbons (Fsp3) is 0.619. The SMILES string of the molecule is CN=C(NCc1cccc(NC(=O)N2CCCC2)c1)NC1CCC(C)CC1.I. The van der Waals surface area contributed by atoms with E-state index in [0.29, 0.717) is 12.6 Å². The zero-order valence-corrected chi connectivity index (χ0v) is 19.4. The molecule has 6 nitrogen and oxygen atoms in total. The predicted octanol–water partition coefficient (Wildman–Crippen LogP) is 4.18. The lowest BCUT2D eigenvalue weighted by molar-refractivity contribution is 0.222. The molecule has 3 rings (SSSR count). The molecule has 0 bridgehead atoms. The highest BCUT2D eigenvalue weighted by molar-refractivity contribution is 14.0. The minimum Gasteiger partial charge on any atom is -0.354 e. The van der Waals surface area contributed by atoms with Crippen molar-refractivity contribution in [2.24, 2.45) is 10.9 Å². The lowest BCUT2D eigenvalue weighted by atomic mass is 9.87. The molecular formula is C21H34IN5O. The number of hydrogen-bond acceptors (Lipinski definition) is 2. The molecule has 156 valence electrons. The van der Waals surface area contributed by atoms with Gasteiger partial charge in [-0.15, -0.1) is 24.0 Å². The lowest BCUT2D eigenvalue weighted by Crippen LogP contribution is -2.44. The number of carbonyl (C=O) groups is 1. The Morgan fingerprint density at radius 1 is 1.18 bits per heavy atom. The predicted molar refractivity (Wildman–Crippen MR) is 126 cm³/mol. The Bertz CT molecular complexity index is 652. The molecular weight excluding hydrogens is 465 g/mol. The van der Waals surface area contributed by atoms with Crippen molar-refractivity contribution in [3.8, 4) is 0 Å². The van der Waals surface area contributed by atoms with Crippen LogP contribution in [0.15, 0.2) is 29.3 Å². The van der Waals surface area contributed by atoms with Gasteiger partial charge in [-0.1, -0.05) is 19.1 Å². The highest BCUT2D eigenvalue weighted by Crippen LogP contribution is 2.23. The van der Waals surface area contributed by atoms with Gasteiger partial charge in [-0.2, -0.15) is 0 Å². The molecule has 2 aliphatic rings. The van der Waals surface area contributed by atoms with E-state index in [1.165, 1.54) is 25.7 Å². The summed E-state index contributed by atoms with van der Waals surface area (Å²) in [6.45, 7) is 4.72. The number of halogens is 1. The van der Waals surface area contributed by atoms with E-state index in [-0.39, 0.29) is 30.0 Å². The number of nitrogens with one attached hydrogen (secondary N) is 3. The molecule has 1 saturated heterocycles. The zero-order chi connectivity index (χ0) is 19.1. The van der Waals surface area contributed by atoms with Crippen molar-refractivity contribution >= 4 is 41.7 Å². The third-order valence-corrected chi connectivity index (χ3v) is 5.61. The molecule has 0 aromatic heterocycles. The van der Waals surface area contributed by atoms with E-state index in [9.17, 15) is 4.79 Å². The summed E-state index contributed by atoms with van der Waals surface area (Å²) in [7, 11) is 1.81. The van der Waals surface area contributed by atoms with Crippen LogP contribution >= 0.6 is 24.0 Å². The van der Waals surface area contributed by atoms with E-state index in [2.05, 4.69) is 33.9 Å². The molecule has 0 spiro atoms. The second kappa shape index (κ2) is 11.5. The van der Waals surface area contributed by atoms with Gasteiger partial charge in [-0.3, -0.25) is 4.99 Å². The topological polar surface area (TPSA) is 68.8 Å². The van der Waals surface area contributed by atoms with E-state index in [0.717, 1.165) is 49.1 Å². The smallest absolute Gasteiger partial charge is 0.321 e. The molecule has 1 aliphatic heterocycles. The van der Waals surface area contributed by atoms with E-state index < -0.39 is 0 Å². The maximum atomic E-state index is 12.3. The highest BCUT2D eigenvalue weighted by Gasteiger charge is 2.19. The molecule has 1 heterocycles. The summed E-state index contributed by atoms with van der Waals surface area (Å²) in [5.41, 5.74) is 1.96. The summed E-state index contributed by atoms with van der Waals surface area (Å²) in [4.78, 5) is 18.5. The summed E-state index contributed by atoms with van der Waals surface area (Å²) in [6, 6.07) is 8.52. The van der Waals surface area contributed by atoms with Gasteiger partial charge >= 0.3 is 6.03 Å². The van der Waals surface area contributed by atoms with Crippen LogP contribution in [0, 0.1) is 5.92 Å². The number of benzene rings is 1. The summed E-state index contributed by atoms with van der Waals surface area (Å²) in [5.74, 6) is 1.69. The van der Waals surface area contributed by atoms with E-state index in [1.54, 1.807) is 0 Å². The average molecular weight is 499 g/mol. The zero-order valence-electron chi connectivity index (χ0n) is 17.0. The van der Waals surface area contributed by atoms with Crippen molar-refractivity contribution in [2.75, 3.05) is 25.5 Å². The summed E-state index contributed by atoms with van der Waals surface area (Å²) in [6.07, 6.45) is 7.19. The number of anilines is 1. The molecule has 1 saturated carbocycles. The molecule has 2 fully saturated rings. The fourth-order valence-corrected chi connectivity index (χ4v) is 3.86. The number of rotatable bonds is 4. The quantitative estimate of drug-likeness (QED) is 0.331. The first-order valence-electron chi connectivity index (χ1n) is 10.3. The van der Waals surface area contributed by atoms with Gasteiger partial charge in [0, 0.05) is 38.4 Å². The van der Waals surface area contributed by atoms with Crippen LogP contribution in [0.4, 0.5) is 10.5 Å². The van der Waals surface area contributed by atoms with Crippen LogP contribution in [0.3, 0.4) is 0 Å². The molecule has 0 radical (unpaired) electrons. The van der Waals surface area contributed by atoms with Crippen LogP contribution in [-0.2, 0) is 6.54 Å². The summed E-state index contributed by atoms with van der Waals surface area (Å²) in [5, 5.41) is 9.95. The summed E-state index contributed by atoms with van der Waals surface area (Å²) >= 11 is 0. The number of hydrogen-bond donors (Lipinski definition) is 3. The third kappa shape index (κ3) is 6.83. The highest BCUT2D eigenvalue weighted by atomic mass is 127. The normalized spacial score (nSPS) is 22.4. The number of carbonyl (C=O) groups excluding carboxylic acids is 1. The maximum Gasteiger partial charge on any atom is 0.321 e. The minimum atomic E-state index is 0. The third-order valence-electron chi connectivity index (χ3n) is 5.61. The van der Waals surface area contributed by atoms with Crippen LogP contribution < -0.4 is 16.0 Å². The summed E-state index contributed by atoms with van der Waals surface area (Å²) < 4.78 is 0.